The molecular formula is C15H21ClN4O. The van der Waals surface area contributed by atoms with Crippen molar-refractivity contribution in [1.29, 1.82) is 0 Å². The van der Waals surface area contributed by atoms with Crippen LogP contribution in [0.15, 0.2) is 24.3 Å². The second-order valence-electron chi connectivity index (χ2n) is 4.78. The molecular weight excluding hydrogens is 288 g/mol. The van der Waals surface area contributed by atoms with Crippen LogP contribution in [0.2, 0.25) is 0 Å². The number of nitrogens with zero attached hydrogens (tertiary/aromatic N) is 3. The van der Waals surface area contributed by atoms with Gasteiger partial charge in [0, 0.05) is 13.1 Å². The molecule has 6 heteroatoms. The van der Waals surface area contributed by atoms with Gasteiger partial charge in [-0.15, -0.1) is 11.6 Å². The Balaban J connectivity index is 2.29. The fraction of sp³-hybridized carbons (Fsp3) is 0.467. The molecule has 114 valence electrons. The first-order valence-electron chi connectivity index (χ1n) is 7.23. The van der Waals surface area contributed by atoms with E-state index in [-0.39, 0.29) is 11.8 Å². The van der Waals surface area contributed by atoms with Gasteiger partial charge in [0.1, 0.15) is 5.88 Å². The van der Waals surface area contributed by atoms with Crippen molar-refractivity contribution < 1.29 is 4.79 Å². The van der Waals surface area contributed by atoms with Crippen molar-refractivity contribution >= 4 is 34.5 Å². The van der Waals surface area contributed by atoms with E-state index in [9.17, 15) is 4.79 Å². The summed E-state index contributed by atoms with van der Waals surface area (Å²) in [6.45, 7) is 7.99. The highest BCUT2D eigenvalue weighted by Crippen LogP contribution is 2.19. The predicted molar refractivity (Wildman–Crippen MR) is 86.9 cm³/mol. The molecule has 2 rings (SSSR count). The van der Waals surface area contributed by atoms with Crippen LogP contribution in [0, 0.1) is 0 Å². The normalized spacial score (nSPS) is 11.2. The maximum Gasteiger partial charge on any atom is 0.241 e. The number of alkyl halides is 1. The van der Waals surface area contributed by atoms with Crippen LogP contribution in [0.25, 0.3) is 11.0 Å². The van der Waals surface area contributed by atoms with Gasteiger partial charge in [-0.05, 0) is 25.2 Å². The topological polar surface area (TPSA) is 50.2 Å². The number of hydrogen-bond donors (Lipinski definition) is 1. The van der Waals surface area contributed by atoms with Crippen molar-refractivity contribution in [3.8, 4) is 0 Å². The molecule has 0 aliphatic carbocycles. The third-order valence-electron chi connectivity index (χ3n) is 3.56. The first-order chi connectivity index (χ1) is 10.2. The highest BCUT2D eigenvalue weighted by molar-refractivity contribution is 6.29. The number of carbonyl (C=O) groups excluding carboxylic acids is 1. The van der Waals surface area contributed by atoms with Crippen LogP contribution in [-0.4, -0.2) is 45.9 Å². The van der Waals surface area contributed by atoms with Crippen LogP contribution in [0.1, 0.15) is 13.8 Å². The molecule has 1 N–H and O–H groups in total. The van der Waals surface area contributed by atoms with Crippen molar-refractivity contribution in [2.45, 2.75) is 20.4 Å². The molecule has 0 radical (unpaired) electrons. The van der Waals surface area contributed by atoms with E-state index in [4.69, 9.17) is 11.6 Å². The molecule has 1 amide bonds. The number of hydrogen-bond acceptors (Lipinski definition) is 3. The van der Waals surface area contributed by atoms with Crippen molar-refractivity contribution in [2.24, 2.45) is 0 Å². The highest BCUT2D eigenvalue weighted by Gasteiger charge is 2.13. The molecule has 0 aliphatic heterocycles. The summed E-state index contributed by atoms with van der Waals surface area (Å²) in [5.74, 6) is 0.254. The molecule has 0 saturated heterocycles. The third-order valence-corrected chi connectivity index (χ3v) is 3.80. The zero-order chi connectivity index (χ0) is 15.2. The van der Waals surface area contributed by atoms with E-state index < -0.39 is 0 Å². The highest BCUT2D eigenvalue weighted by atomic mass is 35.5. The summed E-state index contributed by atoms with van der Waals surface area (Å²) in [6, 6.07) is 7.88. The van der Waals surface area contributed by atoms with Crippen LogP contribution >= 0.6 is 11.6 Å². The lowest BCUT2D eigenvalue weighted by atomic mass is 10.3. The van der Waals surface area contributed by atoms with Crippen molar-refractivity contribution in [3.05, 3.63) is 24.3 Å². The summed E-state index contributed by atoms with van der Waals surface area (Å²) < 4.78 is 2.04. The summed E-state index contributed by atoms with van der Waals surface area (Å²) in [5.41, 5.74) is 1.90. The zero-order valence-corrected chi connectivity index (χ0v) is 13.2. The number of nitrogens with one attached hydrogen (secondary N) is 1. The van der Waals surface area contributed by atoms with Gasteiger partial charge in [0.2, 0.25) is 11.9 Å². The molecule has 21 heavy (non-hydrogen) atoms. The first kappa shape index (κ1) is 15.8. The van der Waals surface area contributed by atoms with E-state index in [1.54, 1.807) is 0 Å². The Kier molecular flexibility index (Phi) is 5.59. The standard InChI is InChI=1S/C15H21ClN4O/c1-3-19(4-2)9-10-20-13-8-6-5-7-12(13)17-15(20)18-14(21)11-16/h5-8H,3-4,9-11H2,1-2H3,(H,17,18,21). The van der Waals surface area contributed by atoms with Crippen LogP contribution < -0.4 is 5.32 Å². The molecule has 2 aromatic rings. The third kappa shape index (κ3) is 3.74. The Hall–Kier alpha value is -1.59. The Bertz CT molecular complexity index is 607. The molecule has 1 aromatic carbocycles. The first-order valence-corrected chi connectivity index (χ1v) is 7.76. The maximum atomic E-state index is 11.6. The van der Waals surface area contributed by atoms with Crippen LogP contribution in [0.5, 0.6) is 0 Å². The van der Waals surface area contributed by atoms with E-state index in [1.807, 2.05) is 28.8 Å². The number of benzene rings is 1. The summed E-state index contributed by atoms with van der Waals surface area (Å²) in [7, 11) is 0. The zero-order valence-electron chi connectivity index (χ0n) is 12.5. The Labute approximate surface area is 129 Å². The largest absolute Gasteiger partial charge is 0.309 e. The molecule has 0 bridgehead atoms. The van der Waals surface area contributed by atoms with Crippen molar-refractivity contribution in [2.75, 3.05) is 30.8 Å². The summed E-state index contributed by atoms with van der Waals surface area (Å²) in [5, 5.41) is 2.77. The summed E-state index contributed by atoms with van der Waals surface area (Å²) in [6.07, 6.45) is 0. The fourth-order valence-corrected chi connectivity index (χ4v) is 2.40. The van der Waals surface area contributed by atoms with E-state index >= 15 is 0 Å². The lowest BCUT2D eigenvalue weighted by Gasteiger charge is -2.19. The molecule has 0 fully saturated rings. The number of fused-ring (bicyclic) bond motifs is 1. The van der Waals surface area contributed by atoms with Crippen molar-refractivity contribution in [3.63, 3.8) is 0 Å². The van der Waals surface area contributed by atoms with Crippen LogP contribution in [-0.2, 0) is 11.3 Å². The van der Waals surface area contributed by atoms with Gasteiger partial charge in [0.05, 0.1) is 11.0 Å². The second-order valence-corrected chi connectivity index (χ2v) is 5.05. The van der Waals surface area contributed by atoms with E-state index in [1.165, 1.54) is 0 Å². The van der Waals surface area contributed by atoms with Crippen LogP contribution in [0.3, 0.4) is 0 Å². The molecule has 1 heterocycles. The van der Waals surface area contributed by atoms with Gasteiger partial charge in [-0.1, -0.05) is 26.0 Å². The van der Waals surface area contributed by atoms with Gasteiger partial charge in [-0.25, -0.2) is 4.98 Å². The summed E-state index contributed by atoms with van der Waals surface area (Å²) in [4.78, 5) is 18.4. The van der Waals surface area contributed by atoms with Gasteiger partial charge in [-0.3, -0.25) is 10.1 Å². The quantitative estimate of drug-likeness (QED) is 0.800. The minimum atomic E-state index is -0.240. The second kappa shape index (κ2) is 7.43. The number of carbonyl (C=O) groups is 1. The van der Waals surface area contributed by atoms with E-state index in [0.717, 1.165) is 37.2 Å². The predicted octanol–water partition coefficient (Wildman–Crippen LogP) is 2.56. The number of likely N-dealkylation sites (N-methyl/N-ethyl adjacent to an activating group) is 1. The number of anilines is 1. The number of imidazole rings is 1. The minimum absolute atomic E-state index is 0.0702. The van der Waals surface area contributed by atoms with E-state index in [2.05, 4.69) is 29.0 Å². The Morgan fingerprint density at radius 2 is 2.05 bits per heavy atom. The Morgan fingerprint density at radius 3 is 2.71 bits per heavy atom. The van der Waals surface area contributed by atoms with Crippen molar-refractivity contribution in [1.82, 2.24) is 14.5 Å². The monoisotopic (exact) mass is 308 g/mol. The SMILES string of the molecule is CCN(CC)CCn1c(NC(=O)CCl)nc2ccccc21. The number of para-hydroxylation sites is 2. The number of halogens is 1. The number of aromatic nitrogens is 2. The van der Waals surface area contributed by atoms with Gasteiger partial charge in [0.15, 0.2) is 0 Å². The van der Waals surface area contributed by atoms with Gasteiger partial charge in [-0.2, -0.15) is 0 Å². The average Bonchev–Trinajstić information content (AvgIpc) is 2.85. The smallest absolute Gasteiger partial charge is 0.241 e. The Morgan fingerprint density at radius 1 is 1.33 bits per heavy atom. The van der Waals surface area contributed by atoms with Gasteiger partial charge in [0.25, 0.3) is 0 Å². The number of rotatable bonds is 7. The van der Waals surface area contributed by atoms with E-state index in [0.29, 0.717) is 5.95 Å². The average molecular weight is 309 g/mol. The van der Waals surface area contributed by atoms with Crippen LogP contribution in [0.4, 0.5) is 5.95 Å². The maximum absolute atomic E-state index is 11.6. The molecule has 5 nitrogen and oxygen atoms in total. The molecule has 0 aliphatic rings. The molecule has 0 saturated carbocycles. The summed E-state index contributed by atoms with van der Waals surface area (Å²) >= 11 is 5.57. The lowest BCUT2D eigenvalue weighted by Crippen LogP contribution is -2.27. The molecule has 0 spiro atoms. The number of amides is 1. The fourth-order valence-electron chi connectivity index (χ4n) is 2.34. The molecule has 1 aromatic heterocycles. The van der Waals surface area contributed by atoms with Gasteiger partial charge < -0.3 is 9.47 Å². The molecule has 0 atom stereocenters. The lowest BCUT2D eigenvalue weighted by molar-refractivity contribution is -0.114. The molecule has 0 unspecified atom stereocenters. The minimum Gasteiger partial charge on any atom is -0.309 e. The van der Waals surface area contributed by atoms with Gasteiger partial charge >= 0.3 is 0 Å².